The van der Waals surface area contributed by atoms with Crippen LogP contribution >= 0.6 is 11.3 Å². The Labute approximate surface area is 188 Å². The van der Waals surface area contributed by atoms with Crippen LogP contribution in [0.1, 0.15) is 30.9 Å². The third-order valence-electron chi connectivity index (χ3n) is 4.67. The van der Waals surface area contributed by atoms with Crippen LogP contribution in [0.15, 0.2) is 42.5 Å². The maximum absolute atomic E-state index is 12.9. The number of carboxylic acids is 1. The quantitative estimate of drug-likeness (QED) is 0.516. The summed E-state index contributed by atoms with van der Waals surface area (Å²) >= 11 is 0.600. The molecule has 2 aromatic rings. The molecular weight excluding hydrogens is 478 g/mol. The highest BCUT2D eigenvalue weighted by Crippen LogP contribution is 2.29. The molecule has 33 heavy (non-hydrogen) atoms. The minimum Gasteiger partial charge on any atom is -0.542 e. The van der Waals surface area contributed by atoms with Crippen LogP contribution in [0.5, 0.6) is 0 Å². The van der Waals surface area contributed by atoms with Crippen LogP contribution in [-0.2, 0) is 4.79 Å². The van der Waals surface area contributed by atoms with Crippen molar-refractivity contribution >= 4 is 29.0 Å². The van der Waals surface area contributed by atoms with Gasteiger partial charge >= 0.3 is 12.4 Å². The number of halogens is 6. The third-order valence-corrected chi connectivity index (χ3v) is 5.74. The fourth-order valence-corrected chi connectivity index (χ4v) is 4.00. The van der Waals surface area contributed by atoms with E-state index in [2.05, 4.69) is 0 Å². The van der Waals surface area contributed by atoms with Crippen molar-refractivity contribution in [2.24, 2.45) is 0 Å². The van der Waals surface area contributed by atoms with Gasteiger partial charge in [0.15, 0.2) is 0 Å². The highest BCUT2D eigenvalue weighted by molar-refractivity contribution is 7.16. The van der Waals surface area contributed by atoms with Crippen molar-refractivity contribution in [3.8, 4) is 0 Å². The van der Waals surface area contributed by atoms with E-state index in [0.717, 1.165) is 24.7 Å². The van der Waals surface area contributed by atoms with Crippen LogP contribution in [0.4, 0.5) is 26.3 Å². The minimum absolute atomic E-state index is 0.151. The molecule has 13 heteroatoms. The van der Waals surface area contributed by atoms with Crippen LogP contribution in [0.2, 0.25) is 0 Å². The zero-order valence-electron chi connectivity index (χ0n) is 17.0. The molecule has 180 valence electrons. The molecule has 0 spiro atoms. The van der Waals surface area contributed by atoms with E-state index in [4.69, 9.17) is 9.90 Å². The Morgan fingerprint density at radius 3 is 2.03 bits per heavy atom. The molecule has 0 bridgehead atoms. The number of nitrogens with zero attached hydrogens (tertiary/aromatic N) is 1. The molecule has 2 atom stereocenters. The number of carbonyl (C=O) groups is 3. The van der Waals surface area contributed by atoms with E-state index >= 15 is 0 Å². The highest BCUT2D eigenvalue weighted by Gasteiger charge is 2.41. The summed E-state index contributed by atoms with van der Waals surface area (Å²) in [7, 11) is 2.04. The lowest BCUT2D eigenvalue weighted by molar-refractivity contribution is -0.887. The molecule has 3 rings (SSSR count). The summed E-state index contributed by atoms with van der Waals surface area (Å²) in [6.45, 7) is 1.98. The summed E-state index contributed by atoms with van der Waals surface area (Å²) in [4.78, 5) is 35.7. The zero-order valence-corrected chi connectivity index (χ0v) is 17.8. The van der Waals surface area contributed by atoms with Crippen LogP contribution in [0.3, 0.4) is 0 Å². The normalized spacial score (nSPS) is 18.8. The Morgan fingerprint density at radius 2 is 1.52 bits per heavy atom. The molecule has 1 amide bonds. The molecule has 1 unspecified atom stereocenters. The first-order chi connectivity index (χ1) is 15.2. The Balaban J connectivity index is 0.000000479. The van der Waals surface area contributed by atoms with Crippen LogP contribution in [0, 0.1) is 0 Å². The molecule has 1 fully saturated rings. The second-order valence-corrected chi connectivity index (χ2v) is 8.20. The number of ketones is 1. The van der Waals surface area contributed by atoms with Crippen LogP contribution in [0.25, 0.3) is 0 Å². The van der Waals surface area contributed by atoms with Gasteiger partial charge in [0, 0.05) is 0 Å². The molecule has 0 radical (unpaired) electrons. The topological polar surface area (TPSA) is 82.0 Å². The van der Waals surface area contributed by atoms with E-state index in [9.17, 15) is 35.9 Å². The average molecular weight is 496 g/mol. The molecule has 1 aliphatic heterocycles. The Bertz CT molecular complexity index is 990. The SMILES string of the molecule is C[NH+]1CCN(C(=O)c2ccc(C(=O)C(F)(F)F)s2)[C@@H](c2ccccc2)C1.O=C([O-])C(F)(F)F. The molecule has 1 aliphatic rings. The van der Waals surface area contributed by atoms with Gasteiger partial charge in [-0.15, -0.1) is 11.3 Å². The van der Waals surface area contributed by atoms with Gasteiger partial charge in [-0.1, -0.05) is 30.3 Å². The number of Topliss-reactive ketones (excluding diaryl/α,β-unsaturated/α-hetero) is 1. The fourth-order valence-electron chi connectivity index (χ4n) is 3.08. The van der Waals surface area contributed by atoms with Crippen molar-refractivity contribution in [2.75, 3.05) is 26.7 Å². The van der Waals surface area contributed by atoms with E-state index < -0.39 is 29.0 Å². The molecular formula is C20H18F6N2O4S. The molecule has 1 aromatic heterocycles. The predicted octanol–water partition coefficient (Wildman–Crippen LogP) is 1.50. The van der Waals surface area contributed by atoms with Gasteiger partial charge in [-0.05, 0) is 17.7 Å². The molecule has 1 aromatic carbocycles. The maximum atomic E-state index is 12.9. The summed E-state index contributed by atoms with van der Waals surface area (Å²) in [5, 5.41) is 8.78. The van der Waals surface area contributed by atoms with Crippen molar-refractivity contribution in [1.82, 2.24) is 4.90 Å². The molecule has 1 N–H and O–H groups in total. The number of thiophene rings is 1. The lowest BCUT2D eigenvalue weighted by Crippen LogP contribution is -3.12. The maximum Gasteiger partial charge on any atom is 0.455 e. The number of piperazine rings is 1. The number of quaternary nitrogens is 1. The fraction of sp³-hybridized carbons (Fsp3) is 0.350. The highest BCUT2D eigenvalue weighted by atomic mass is 32.1. The van der Waals surface area contributed by atoms with Gasteiger partial charge in [-0.2, -0.15) is 26.3 Å². The van der Waals surface area contributed by atoms with Crippen molar-refractivity contribution in [1.29, 1.82) is 0 Å². The molecule has 2 heterocycles. The van der Waals surface area contributed by atoms with Crippen LogP contribution < -0.4 is 10.0 Å². The number of carbonyl (C=O) groups excluding carboxylic acids is 3. The van der Waals surface area contributed by atoms with Gasteiger partial charge in [-0.25, -0.2) is 0 Å². The number of aliphatic carboxylic acids is 1. The molecule has 0 saturated carbocycles. The van der Waals surface area contributed by atoms with E-state index in [-0.39, 0.29) is 16.8 Å². The van der Waals surface area contributed by atoms with Crippen molar-refractivity contribution in [2.45, 2.75) is 18.4 Å². The number of likely N-dealkylation sites (N-methyl/N-ethyl adjacent to an activating group) is 1. The van der Waals surface area contributed by atoms with E-state index in [1.807, 2.05) is 37.4 Å². The summed E-state index contributed by atoms with van der Waals surface area (Å²) in [6.07, 6.45) is -10.1. The minimum atomic E-state index is -5.19. The first kappa shape index (κ1) is 26.3. The van der Waals surface area contributed by atoms with Gasteiger partial charge in [0.2, 0.25) is 0 Å². The summed E-state index contributed by atoms with van der Waals surface area (Å²) in [6, 6.07) is 11.8. The van der Waals surface area contributed by atoms with Gasteiger partial charge < -0.3 is 19.7 Å². The number of alkyl halides is 6. The Hall–Kier alpha value is -2.93. The van der Waals surface area contributed by atoms with Crippen molar-refractivity contribution in [3.63, 3.8) is 0 Å². The van der Waals surface area contributed by atoms with Crippen LogP contribution in [-0.4, -0.2) is 61.6 Å². The number of hydrogen-bond acceptors (Lipinski definition) is 5. The number of benzene rings is 1. The standard InChI is InChI=1S/C18H17F3N2O2S.C2HF3O2/c1-22-9-10-23(13(11-22)12-5-3-2-4-6-12)17(25)15-8-7-14(26-15)16(24)18(19,20)21;3-2(4,5)1(6)7/h2-8,13H,9-11H2,1H3;(H,6,7)/t13-;/m1./s1. The molecule has 1 saturated heterocycles. The Kier molecular flexibility index (Phi) is 8.25. The second-order valence-electron chi connectivity index (χ2n) is 7.11. The van der Waals surface area contributed by atoms with E-state index in [1.54, 1.807) is 4.90 Å². The number of amides is 1. The van der Waals surface area contributed by atoms with E-state index in [0.29, 0.717) is 17.9 Å². The van der Waals surface area contributed by atoms with Gasteiger partial charge in [-0.3, -0.25) is 9.59 Å². The third kappa shape index (κ3) is 7.02. The predicted molar refractivity (Wildman–Crippen MR) is 103 cm³/mol. The number of hydrogen-bond donors (Lipinski definition) is 1. The largest absolute Gasteiger partial charge is 0.542 e. The van der Waals surface area contributed by atoms with Crippen molar-refractivity contribution < 1.29 is 50.7 Å². The lowest BCUT2D eigenvalue weighted by Gasteiger charge is -2.37. The molecule has 6 nitrogen and oxygen atoms in total. The number of rotatable bonds is 3. The zero-order chi connectivity index (χ0) is 25.0. The molecule has 0 aliphatic carbocycles. The van der Waals surface area contributed by atoms with Crippen molar-refractivity contribution in [3.05, 3.63) is 57.8 Å². The average Bonchev–Trinajstić information content (AvgIpc) is 3.22. The number of nitrogens with one attached hydrogen (secondary N) is 1. The van der Waals surface area contributed by atoms with Gasteiger partial charge in [0.1, 0.15) is 18.6 Å². The lowest BCUT2D eigenvalue weighted by atomic mass is 10.0. The first-order valence-electron chi connectivity index (χ1n) is 9.38. The summed E-state index contributed by atoms with van der Waals surface area (Å²) in [5.41, 5.74) is 0.989. The monoisotopic (exact) mass is 496 g/mol. The van der Waals surface area contributed by atoms with Gasteiger partial charge in [0.05, 0.1) is 29.9 Å². The smallest absolute Gasteiger partial charge is 0.455 e. The van der Waals surface area contributed by atoms with Gasteiger partial charge in [0.25, 0.3) is 11.7 Å². The first-order valence-corrected chi connectivity index (χ1v) is 10.2. The number of carboxylic acid groups (broad SMARTS) is 1. The van der Waals surface area contributed by atoms with E-state index in [1.165, 1.54) is 11.0 Å². The Morgan fingerprint density at radius 1 is 0.970 bits per heavy atom. The summed E-state index contributed by atoms with van der Waals surface area (Å²) in [5.74, 6) is -5.26. The summed E-state index contributed by atoms with van der Waals surface area (Å²) < 4.78 is 69.3. The second kappa shape index (κ2) is 10.3.